The van der Waals surface area contributed by atoms with E-state index in [1.807, 2.05) is 19.1 Å². The van der Waals surface area contributed by atoms with Crippen LogP contribution in [0.3, 0.4) is 0 Å². The predicted molar refractivity (Wildman–Crippen MR) is 126 cm³/mol. The zero-order valence-corrected chi connectivity index (χ0v) is 18.6. The number of ketones is 1. The van der Waals surface area contributed by atoms with E-state index in [1.54, 1.807) is 43.3 Å². The molecule has 1 unspecified atom stereocenters. The van der Waals surface area contributed by atoms with Gasteiger partial charge in [-0.05, 0) is 30.7 Å². The van der Waals surface area contributed by atoms with E-state index in [2.05, 4.69) is 5.32 Å². The number of aliphatic hydroxyl groups excluding tert-OH is 1. The number of benzene rings is 3. The zero-order chi connectivity index (χ0) is 24.1. The molecule has 0 spiro atoms. The van der Waals surface area contributed by atoms with Gasteiger partial charge in [-0.3, -0.25) is 19.7 Å². The van der Waals surface area contributed by atoms with Gasteiger partial charge < -0.3 is 15.3 Å². The molecule has 0 heterocycles. The van der Waals surface area contributed by atoms with Crippen LogP contribution in [-0.2, 0) is 0 Å². The lowest BCUT2D eigenvalue weighted by atomic mass is 9.97. The number of hydrogen-bond acceptors (Lipinski definition) is 6. The topological polar surface area (TPSA) is 113 Å². The van der Waals surface area contributed by atoms with E-state index in [-0.39, 0.29) is 28.9 Å². The maximum absolute atomic E-state index is 13.2. The molecule has 8 heteroatoms. The molecule has 0 aliphatic rings. The van der Waals surface area contributed by atoms with Crippen molar-refractivity contribution in [3.63, 3.8) is 0 Å². The number of aliphatic hydroxyl groups is 1. The third-order valence-electron chi connectivity index (χ3n) is 5.25. The molecule has 0 bridgehead atoms. The van der Waals surface area contributed by atoms with Gasteiger partial charge in [-0.25, -0.2) is 0 Å². The number of carbonyl (C=O) groups is 2. The largest absolute Gasteiger partial charge is 0.387 e. The standard InChI is InChI=1S/C25H25N3O5/c1-16-8-10-17(11-9-16)23(29)15-26-25(31)20-7-5-4-6-19(20)24(30)18-12-13-21(27(2)3)22(14-18)28(32)33/h4-14,23,29H,15H2,1-3H3,(H,26,31). The average molecular weight is 447 g/mol. The lowest BCUT2D eigenvalue weighted by molar-refractivity contribution is -0.384. The van der Waals surface area contributed by atoms with Crippen molar-refractivity contribution in [2.75, 3.05) is 25.5 Å². The summed E-state index contributed by atoms with van der Waals surface area (Å²) in [6.07, 6.45) is -0.904. The normalized spacial score (nSPS) is 11.5. The van der Waals surface area contributed by atoms with Crippen molar-refractivity contribution >= 4 is 23.1 Å². The molecule has 0 aliphatic heterocycles. The van der Waals surface area contributed by atoms with Gasteiger partial charge in [0.1, 0.15) is 5.69 Å². The predicted octanol–water partition coefficient (Wildman–Crippen LogP) is 3.66. The van der Waals surface area contributed by atoms with Gasteiger partial charge >= 0.3 is 0 Å². The number of amides is 1. The number of nitro groups is 1. The number of anilines is 1. The number of hydrogen-bond donors (Lipinski definition) is 2. The molecule has 1 atom stereocenters. The number of aryl methyl sites for hydroxylation is 1. The summed E-state index contributed by atoms with van der Waals surface area (Å²) < 4.78 is 0. The monoisotopic (exact) mass is 447 g/mol. The Bertz CT molecular complexity index is 1190. The second kappa shape index (κ2) is 10.1. The smallest absolute Gasteiger partial charge is 0.293 e. The first-order valence-corrected chi connectivity index (χ1v) is 10.3. The molecule has 33 heavy (non-hydrogen) atoms. The van der Waals surface area contributed by atoms with Crippen LogP contribution in [0.25, 0.3) is 0 Å². The van der Waals surface area contributed by atoms with Crippen LogP contribution in [-0.4, -0.2) is 42.4 Å². The quantitative estimate of drug-likeness (QED) is 0.310. The molecule has 3 aromatic carbocycles. The summed E-state index contributed by atoms with van der Waals surface area (Å²) in [5.41, 5.74) is 2.23. The molecular weight excluding hydrogens is 422 g/mol. The second-order valence-corrected chi connectivity index (χ2v) is 7.87. The molecular formula is C25H25N3O5. The lowest BCUT2D eigenvalue weighted by Crippen LogP contribution is -2.29. The van der Waals surface area contributed by atoms with Crippen LogP contribution in [0, 0.1) is 17.0 Å². The van der Waals surface area contributed by atoms with Crippen molar-refractivity contribution in [3.05, 3.63) is 105 Å². The zero-order valence-electron chi connectivity index (χ0n) is 18.6. The highest BCUT2D eigenvalue weighted by atomic mass is 16.6. The molecule has 170 valence electrons. The van der Waals surface area contributed by atoms with Crippen LogP contribution in [0.1, 0.15) is 43.5 Å². The fourth-order valence-electron chi connectivity index (χ4n) is 3.41. The Labute approximate surface area is 191 Å². The molecule has 0 aromatic heterocycles. The number of rotatable bonds is 8. The third-order valence-corrected chi connectivity index (χ3v) is 5.25. The van der Waals surface area contributed by atoms with Crippen LogP contribution in [0.4, 0.5) is 11.4 Å². The van der Waals surface area contributed by atoms with E-state index in [0.29, 0.717) is 11.3 Å². The second-order valence-electron chi connectivity index (χ2n) is 7.87. The minimum atomic E-state index is -0.904. The van der Waals surface area contributed by atoms with Crippen molar-refractivity contribution in [2.24, 2.45) is 0 Å². The minimum absolute atomic E-state index is 0.0343. The Morgan fingerprint density at radius 2 is 1.67 bits per heavy atom. The highest BCUT2D eigenvalue weighted by Crippen LogP contribution is 2.29. The lowest BCUT2D eigenvalue weighted by Gasteiger charge is -2.15. The van der Waals surface area contributed by atoms with Gasteiger partial charge in [0.05, 0.1) is 16.6 Å². The van der Waals surface area contributed by atoms with E-state index < -0.39 is 22.7 Å². The highest BCUT2D eigenvalue weighted by Gasteiger charge is 2.23. The molecule has 0 aliphatic carbocycles. The summed E-state index contributed by atoms with van der Waals surface area (Å²) in [6.45, 7) is 1.90. The van der Waals surface area contributed by atoms with Gasteiger partial charge in [0.2, 0.25) is 0 Å². The van der Waals surface area contributed by atoms with E-state index in [1.165, 1.54) is 30.3 Å². The Kier molecular flexibility index (Phi) is 7.20. The molecule has 3 aromatic rings. The van der Waals surface area contributed by atoms with E-state index in [9.17, 15) is 24.8 Å². The first-order chi connectivity index (χ1) is 15.7. The fraction of sp³-hybridized carbons (Fsp3) is 0.200. The van der Waals surface area contributed by atoms with Gasteiger partial charge in [-0.1, -0.05) is 48.0 Å². The Hall–Kier alpha value is -4.04. The van der Waals surface area contributed by atoms with Gasteiger partial charge in [0.15, 0.2) is 5.78 Å². The molecule has 8 nitrogen and oxygen atoms in total. The van der Waals surface area contributed by atoms with E-state index in [4.69, 9.17) is 0 Å². The number of nitrogens with zero attached hydrogens (tertiary/aromatic N) is 2. The number of carbonyl (C=O) groups excluding carboxylic acids is 2. The van der Waals surface area contributed by atoms with Gasteiger partial charge in [0, 0.05) is 37.8 Å². The Morgan fingerprint density at radius 3 is 2.27 bits per heavy atom. The molecule has 2 N–H and O–H groups in total. The van der Waals surface area contributed by atoms with E-state index >= 15 is 0 Å². The van der Waals surface area contributed by atoms with Gasteiger partial charge in [0.25, 0.3) is 11.6 Å². The summed E-state index contributed by atoms with van der Waals surface area (Å²) in [6, 6.07) is 17.8. The van der Waals surface area contributed by atoms with Crippen molar-refractivity contribution in [3.8, 4) is 0 Å². The van der Waals surface area contributed by atoms with E-state index in [0.717, 1.165) is 5.56 Å². The fourth-order valence-corrected chi connectivity index (χ4v) is 3.41. The number of nitro benzene ring substituents is 1. The maximum atomic E-state index is 13.2. The van der Waals surface area contributed by atoms with Crippen molar-refractivity contribution in [2.45, 2.75) is 13.0 Å². The molecule has 1 amide bonds. The summed E-state index contributed by atoms with van der Waals surface area (Å²) in [5, 5.41) is 24.5. The summed E-state index contributed by atoms with van der Waals surface area (Å²) in [5.74, 6) is -1.03. The summed E-state index contributed by atoms with van der Waals surface area (Å²) in [4.78, 5) is 38.5. The highest BCUT2D eigenvalue weighted by molar-refractivity contribution is 6.15. The average Bonchev–Trinajstić information content (AvgIpc) is 2.81. The van der Waals surface area contributed by atoms with Crippen molar-refractivity contribution in [1.82, 2.24) is 5.32 Å². The number of nitrogens with one attached hydrogen (secondary N) is 1. The van der Waals surface area contributed by atoms with Gasteiger partial charge in [-0.15, -0.1) is 0 Å². The van der Waals surface area contributed by atoms with Crippen LogP contribution in [0.2, 0.25) is 0 Å². The summed E-state index contributed by atoms with van der Waals surface area (Å²) >= 11 is 0. The Morgan fingerprint density at radius 1 is 1.03 bits per heavy atom. The van der Waals surface area contributed by atoms with Crippen LogP contribution >= 0.6 is 0 Å². The Balaban J connectivity index is 1.83. The van der Waals surface area contributed by atoms with Crippen LogP contribution < -0.4 is 10.2 Å². The molecule has 0 saturated carbocycles. The third kappa shape index (κ3) is 5.42. The summed E-state index contributed by atoms with van der Waals surface area (Å²) in [7, 11) is 3.35. The molecule has 3 rings (SSSR count). The molecule has 0 radical (unpaired) electrons. The van der Waals surface area contributed by atoms with Crippen LogP contribution in [0.15, 0.2) is 66.7 Å². The maximum Gasteiger partial charge on any atom is 0.293 e. The van der Waals surface area contributed by atoms with Crippen molar-refractivity contribution < 1.29 is 19.6 Å². The minimum Gasteiger partial charge on any atom is -0.387 e. The van der Waals surface area contributed by atoms with Gasteiger partial charge in [-0.2, -0.15) is 0 Å². The van der Waals surface area contributed by atoms with Crippen LogP contribution in [0.5, 0.6) is 0 Å². The van der Waals surface area contributed by atoms with Crippen molar-refractivity contribution in [1.29, 1.82) is 0 Å². The molecule has 0 saturated heterocycles. The first kappa shape index (κ1) is 23.6. The molecule has 0 fully saturated rings. The first-order valence-electron chi connectivity index (χ1n) is 10.3. The SMILES string of the molecule is Cc1ccc(C(O)CNC(=O)c2ccccc2C(=O)c2ccc(N(C)C)c([N+](=O)[O-])c2)cc1.